The minimum Gasteiger partial charge on any atom is -0.373 e. The van der Waals surface area contributed by atoms with Crippen LogP contribution in [-0.4, -0.2) is 42.5 Å². The molecule has 12 heavy (non-hydrogen) atoms. The van der Waals surface area contributed by atoms with Crippen molar-refractivity contribution in [1.29, 1.82) is 0 Å². The smallest absolute Gasteiger partial charge is 0.0678 e. The van der Waals surface area contributed by atoms with Gasteiger partial charge in [0.2, 0.25) is 0 Å². The van der Waals surface area contributed by atoms with Crippen LogP contribution in [0.4, 0.5) is 0 Å². The van der Waals surface area contributed by atoms with Gasteiger partial charge in [0.1, 0.15) is 0 Å². The van der Waals surface area contributed by atoms with E-state index in [1.807, 2.05) is 0 Å². The highest BCUT2D eigenvalue weighted by molar-refractivity contribution is 7.80. The van der Waals surface area contributed by atoms with Crippen LogP contribution in [0.25, 0.3) is 0 Å². The zero-order chi connectivity index (χ0) is 8.97. The van der Waals surface area contributed by atoms with Crippen LogP contribution in [-0.2, 0) is 4.74 Å². The maximum atomic E-state index is 5.64. The molecule has 1 aliphatic heterocycles. The molecule has 1 fully saturated rings. The second-order valence-corrected chi connectivity index (χ2v) is 4.04. The van der Waals surface area contributed by atoms with Crippen molar-refractivity contribution in [2.75, 3.05) is 25.4 Å². The number of hydrogen-bond donors (Lipinski definition) is 1. The summed E-state index contributed by atoms with van der Waals surface area (Å²) in [6, 6.07) is 0. The van der Waals surface area contributed by atoms with Gasteiger partial charge in [0, 0.05) is 13.1 Å². The van der Waals surface area contributed by atoms with Crippen molar-refractivity contribution in [1.82, 2.24) is 4.90 Å². The van der Waals surface area contributed by atoms with Gasteiger partial charge in [0.05, 0.1) is 12.2 Å². The molecular formula is C9H19NOS. The van der Waals surface area contributed by atoms with E-state index >= 15 is 0 Å². The van der Waals surface area contributed by atoms with E-state index < -0.39 is 0 Å². The normalized spacial score (nSPS) is 32.2. The maximum absolute atomic E-state index is 5.64. The van der Waals surface area contributed by atoms with Crippen LogP contribution in [0.5, 0.6) is 0 Å². The van der Waals surface area contributed by atoms with E-state index in [1.54, 1.807) is 0 Å². The van der Waals surface area contributed by atoms with E-state index in [9.17, 15) is 0 Å². The van der Waals surface area contributed by atoms with Gasteiger partial charge in [-0.2, -0.15) is 12.6 Å². The fourth-order valence-corrected chi connectivity index (χ4v) is 1.90. The number of nitrogens with zero attached hydrogens (tertiary/aromatic N) is 1. The average Bonchev–Trinajstić information content (AvgIpc) is 1.99. The van der Waals surface area contributed by atoms with Gasteiger partial charge >= 0.3 is 0 Å². The highest BCUT2D eigenvalue weighted by Crippen LogP contribution is 2.10. The number of ether oxygens (including phenoxy) is 1. The largest absolute Gasteiger partial charge is 0.373 e. The second-order valence-electron chi connectivity index (χ2n) is 3.59. The topological polar surface area (TPSA) is 12.5 Å². The van der Waals surface area contributed by atoms with Crippen LogP contribution in [0.15, 0.2) is 0 Å². The van der Waals surface area contributed by atoms with Gasteiger partial charge in [-0.15, -0.1) is 0 Å². The summed E-state index contributed by atoms with van der Waals surface area (Å²) in [5, 5.41) is 0. The van der Waals surface area contributed by atoms with E-state index in [0.717, 1.165) is 18.8 Å². The Morgan fingerprint density at radius 3 is 2.42 bits per heavy atom. The molecule has 1 heterocycles. The van der Waals surface area contributed by atoms with Gasteiger partial charge in [0.25, 0.3) is 0 Å². The SMILES string of the molecule is C[C@@H]1CN(CCCS)C[C@H](C)O1. The van der Waals surface area contributed by atoms with E-state index in [2.05, 4.69) is 31.4 Å². The van der Waals surface area contributed by atoms with Gasteiger partial charge in [-0.05, 0) is 32.6 Å². The Morgan fingerprint density at radius 2 is 1.92 bits per heavy atom. The first-order chi connectivity index (χ1) is 5.72. The van der Waals surface area contributed by atoms with Gasteiger partial charge in [-0.3, -0.25) is 4.90 Å². The lowest BCUT2D eigenvalue weighted by molar-refractivity contribution is -0.0677. The van der Waals surface area contributed by atoms with Crippen LogP contribution >= 0.6 is 12.6 Å². The molecule has 0 saturated carbocycles. The van der Waals surface area contributed by atoms with Crippen molar-refractivity contribution < 1.29 is 4.74 Å². The van der Waals surface area contributed by atoms with Crippen molar-refractivity contribution in [3.05, 3.63) is 0 Å². The monoisotopic (exact) mass is 189 g/mol. The molecule has 0 aromatic heterocycles. The van der Waals surface area contributed by atoms with Gasteiger partial charge in [0.15, 0.2) is 0 Å². The molecule has 3 heteroatoms. The first-order valence-electron chi connectivity index (χ1n) is 4.71. The Hall–Kier alpha value is 0.270. The molecule has 72 valence electrons. The van der Waals surface area contributed by atoms with Gasteiger partial charge in [-0.1, -0.05) is 0 Å². The molecular weight excluding hydrogens is 170 g/mol. The lowest BCUT2D eigenvalue weighted by Gasteiger charge is -2.35. The first-order valence-corrected chi connectivity index (χ1v) is 5.34. The molecule has 0 radical (unpaired) electrons. The van der Waals surface area contributed by atoms with E-state index in [0.29, 0.717) is 12.2 Å². The highest BCUT2D eigenvalue weighted by Gasteiger charge is 2.20. The summed E-state index contributed by atoms with van der Waals surface area (Å²) in [6.07, 6.45) is 1.98. The number of hydrogen-bond acceptors (Lipinski definition) is 3. The summed E-state index contributed by atoms with van der Waals surface area (Å²) in [5.41, 5.74) is 0. The van der Waals surface area contributed by atoms with Gasteiger partial charge < -0.3 is 4.74 Å². The lowest BCUT2D eigenvalue weighted by Crippen LogP contribution is -2.45. The predicted molar refractivity (Wildman–Crippen MR) is 54.9 cm³/mol. The molecule has 0 bridgehead atoms. The van der Waals surface area contributed by atoms with E-state index in [-0.39, 0.29) is 0 Å². The third kappa shape index (κ3) is 3.33. The van der Waals surface area contributed by atoms with E-state index in [4.69, 9.17) is 4.74 Å². The second kappa shape index (κ2) is 5.10. The van der Waals surface area contributed by atoms with Gasteiger partial charge in [-0.25, -0.2) is 0 Å². The minimum absolute atomic E-state index is 0.397. The Bertz CT molecular complexity index is 122. The van der Waals surface area contributed by atoms with Crippen molar-refractivity contribution in [3.63, 3.8) is 0 Å². The number of morpholine rings is 1. The summed E-state index contributed by atoms with van der Waals surface area (Å²) in [6.45, 7) is 7.62. The molecule has 0 aromatic carbocycles. The highest BCUT2D eigenvalue weighted by atomic mass is 32.1. The van der Waals surface area contributed by atoms with Crippen LogP contribution in [0, 0.1) is 0 Å². The molecule has 2 atom stereocenters. The van der Waals surface area contributed by atoms with Crippen molar-refractivity contribution in [3.8, 4) is 0 Å². The summed E-state index contributed by atoms with van der Waals surface area (Å²) in [4.78, 5) is 2.47. The number of thiol groups is 1. The lowest BCUT2D eigenvalue weighted by atomic mass is 10.2. The molecule has 1 saturated heterocycles. The summed E-state index contributed by atoms with van der Waals surface area (Å²) >= 11 is 4.21. The Balaban J connectivity index is 2.24. The molecule has 0 spiro atoms. The molecule has 0 aromatic rings. The van der Waals surface area contributed by atoms with Crippen LogP contribution in [0.1, 0.15) is 20.3 Å². The van der Waals surface area contributed by atoms with Crippen LogP contribution in [0.3, 0.4) is 0 Å². The quantitative estimate of drug-likeness (QED) is 0.674. The van der Waals surface area contributed by atoms with E-state index in [1.165, 1.54) is 13.0 Å². The Labute approximate surface area is 80.7 Å². The summed E-state index contributed by atoms with van der Waals surface area (Å²) in [5.74, 6) is 0.986. The number of rotatable bonds is 3. The fourth-order valence-electron chi connectivity index (χ4n) is 1.76. The molecule has 0 unspecified atom stereocenters. The molecule has 1 rings (SSSR count). The Morgan fingerprint density at radius 1 is 1.33 bits per heavy atom. The van der Waals surface area contributed by atoms with Crippen LogP contribution < -0.4 is 0 Å². The summed E-state index contributed by atoms with van der Waals surface area (Å²) in [7, 11) is 0. The zero-order valence-electron chi connectivity index (χ0n) is 7.99. The molecule has 2 nitrogen and oxygen atoms in total. The third-order valence-electron chi connectivity index (χ3n) is 2.13. The van der Waals surface area contributed by atoms with Crippen molar-refractivity contribution in [2.24, 2.45) is 0 Å². The molecule has 0 aliphatic carbocycles. The predicted octanol–water partition coefficient (Wildman–Crippen LogP) is 1.42. The third-order valence-corrected chi connectivity index (χ3v) is 2.44. The molecule has 1 aliphatic rings. The molecule has 0 N–H and O–H groups in total. The standard InChI is InChI=1S/C9H19NOS/c1-8-6-10(4-3-5-12)7-9(2)11-8/h8-9,12H,3-7H2,1-2H3/t8-,9+. The first kappa shape index (κ1) is 10.4. The Kier molecular flexibility index (Phi) is 4.40. The van der Waals surface area contributed by atoms with Crippen LogP contribution in [0.2, 0.25) is 0 Å². The molecule has 0 amide bonds. The van der Waals surface area contributed by atoms with Crippen molar-refractivity contribution >= 4 is 12.6 Å². The summed E-state index contributed by atoms with van der Waals surface area (Å²) < 4.78 is 5.64. The maximum Gasteiger partial charge on any atom is 0.0678 e. The average molecular weight is 189 g/mol. The minimum atomic E-state index is 0.397. The fraction of sp³-hybridized carbons (Fsp3) is 1.00. The van der Waals surface area contributed by atoms with Crippen molar-refractivity contribution in [2.45, 2.75) is 32.5 Å². The zero-order valence-corrected chi connectivity index (χ0v) is 8.89.